The average molecular weight is 405 g/mol. The van der Waals surface area contributed by atoms with Gasteiger partial charge in [0.05, 0.1) is 0 Å². The van der Waals surface area contributed by atoms with E-state index in [9.17, 15) is 4.79 Å². The fourth-order valence-electron chi connectivity index (χ4n) is 3.47. The molecule has 0 aromatic rings. The molecule has 2 nitrogen and oxygen atoms in total. The van der Waals surface area contributed by atoms with Crippen molar-refractivity contribution in [1.29, 1.82) is 0 Å². The fraction of sp³-hybridized carbons (Fsp3) is 0.955. The summed E-state index contributed by atoms with van der Waals surface area (Å²) in [6.07, 6.45) is 22.9. The maximum atomic E-state index is 10.4. The van der Waals surface area contributed by atoms with Gasteiger partial charge in [-0.1, -0.05) is 116 Å². The lowest BCUT2D eigenvalue weighted by Gasteiger charge is -2.11. The third-order valence-electron chi connectivity index (χ3n) is 5.16. The number of rotatable bonds is 20. The van der Waals surface area contributed by atoms with E-state index in [4.69, 9.17) is 16.2 Å². The molecule has 0 saturated carbocycles. The van der Waals surface area contributed by atoms with Crippen LogP contribution in [0.2, 0.25) is 19.1 Å². The summed E-state index contributed by atoms with van der Waals surface area (Å²) in [6.45, 7) is 4.50. The summed E-state index contributed by atoms with van der Waals surface area (Å²) in [5, 5.41) is 8.57. The molecule has 0 rings (SSSR count). The van der Waals surface area contributed by atoms with Gasteiger partial charge in [0.25, 0.3) is 0 Å². The van der Waals surface area contributed by atoms with Crippen molar-refractivity contribution >= 4 is 24.4 Å². The molecule has 0 spiro atoms. The monoisotopic (exact) mass is 404 g/mol. The summed E-state index contributed by atoms with van der Waals surface area (Å²) < 4.78 is 0. The van der Waals surface area contributed by atoms with Gasteiger partial charge >= 0.3 is 5.97 Å². The Morgan fingerprint density at radius 1 is 0.615 bits per heavy atom. The highest BCUT2D eigenvalue weighted by Crippen LogP contribution is 2.19. The molecule has 4 heteroatoms. The third-order valence-corrected chi connectivity index (χ3v) is 7.27. The number of carbonyl (C=O) groups is 1. The van der Waals surface area contributed by atoms with Crippen LogP contribution in [0.4, 0.5) is 0 Å². The molecular formula is C22H45ClO2Si. The van der Waals surface area contributed by atoms with Gasteiger partial charge in [-0.05, 0) is 12.5 Å². The van der Waals surface area contributed by atoms with Crippen LogP contribution in [0.3, 0.4) is 0 Å². The van der Waals surface area contributed by atoms with E-state index in [2.05, 4.69) is 13.1 Å². The highest BCUT2D eigenvalue weighted by atomic mass is 35.6. The summed E-state index contributed by atoms with van der Waals surface area (Å²) >= 11 is 6.34. The number of carboxylic acid groups (broad SMARTS) is 1. The summed E-state index contributed by atoms with van der Waals surface area (Å²) in [6, 6.07) is 1.28. The predicted octanol–water partition coefficient (Wildman–Crippen LogP) is 8.54. The molecule has 0 bridgehead atoms. The van der Waals surface area contributed by atoms with E-state index in [-0.39, 0.29) is 0 Å². The largest absolute Gasteiger partial charge is 0.481 e. The Balaban J connectivity index is 3.04. The molecule has 0 amide bonds. The Morgan fingerprint density at radius 2 is 0.885 bits per heavy atom. The van der Waals surface area contributed by atoms with Crippen molar-refractivity contribution in [2.75, 3.05) is 0 Å². The van der Waals surface area contributed by atoms with Gasteiger partial charge in [-0.25, -0.2) is 0 Å². The van der Waals surface area contributed by atoms with E-state index in [0.29, 0.717) is 6.42 Å². The molecule has 0 radical (unpaired) electrons. The maximum Gasteiger partial charge on any atom is 0.303 e. The molecule has 0 atom stereocenters. The second-order valence-corrected chi connectivity index (χ2v) is 15.6. The lowest BCUT2D eigenvalue weighted by Crippen LogP contribution is -2.14. The van der Waals surface area contributed by atoms with Gasteiger partial charge in [0.15, 0.2) is 0 Å². The number of halogens is 1. The number of hydrogen-bond donors (Lipinski definition) is 1. The normalized spacial score (nSPS) is 11.8. The van der Waals surface area contributed by atoms with Crippen LogP contribution in [-0.2, 0) is 4.79 Å². The van der Waals surface area contributed by atoms with Crippen molar-refractivity contribution in [2.45, 2.75) is 135 Å². The molecule has 1 N–H and O–H groups in total. The van der Waals surface area contributed by atoms with E-state index in [1.54, 1.807) is 0 Å². The molecule has 156 valence electrons. The number of carboxylic acids is 1. The van der Waals surface area contributed by atoms with Crippen LogP contribution in [0, 0.1) is 0 Å². The summed E-state index contributed by atoms with van der Waals surface area (Å²) in [5.41, 5.74) is 0. The SMILES string of the molecule is C[Si](C)(Cl)CCCCCCCCCCCCCCCCCCCC(=O)O. The molecule has 0 aliphatic rings. The quantitative estimate of drug-likeness (QED) is 0.125. The Morgan fingerprint density at radius 3 is 1.15 bits per heavy atom. The zero-order chi connectivity index (χ0) is 19.5. The standard InChI is InChI=1S/C22H45ClO2Si/c1-26(2,23)21-19-17-15-13-11-9-7-5-3-4-6-8-10-12-14-16-18-20-22(24)25/h3-21H2,1-2H3,(H,24,25). The average Bonchev–Trinajstić information content (AvgIpc) is 2.55. The van der Waals surface area contributed by atoms with Crippen LogP contribution in [0.25, 0.3) is 0 Å². The summed E-state index contributed by atoms with van der Waals surface area (Å²) in [5.74, 6) is -0.655. The van der Waals surface area contributed by atoms with E-state index in [1.807, 2.05) is 0 Å². The van der Waals surface area contributed by atoms with Crippen molar-refractivity contribution in [1.82, 2.24) is 0 Å². The maximum absolute atomic E-state index is 10.4. The number of unbranched alkanes of at least 4 members (excludes halogenated alkanes) is 16. The van der Waals surface area contributed by atoms with E-state index >= 15 is 0 Å². The van der Waals surface area contributed by atoms with Gasteiger partial charge in [0.1, 0.15) is 7.38 Å². The minimum Gasteiger partial charge on any atom is -0.481 e. The first-order valence-corrected chi connectivity index (χ1v) is 15.5. The Labute approximate surface area is 169 Å². The first-order chi connectivity index (χ1) is 12.4. The third kappa shape index (κ3) is 24.0. The lowest BCUT2D eigenvalue weighted by atomic mass is 10.0. The second kappa shape index (κ2) is 18.3. The van der Waals surface area contributed by atoms with Gasteiger partial charge in [0.2, 0.25) is 0 Å². The molecule has 0 unspecified atom stereocenters. The Kier molecular flexibility index (Phi) is 18.3. The molecule has 0 aromatic heterocycles. The highest BCUT2D eigenvalue weighted by Gasteiger charge is 2.15. The van der Waals surface area contributed by atoms with Crippen LogP contribution in [0.5, 0.6) is 0 Å². The van der Waals surface area contributed by atoms with Crippen LogP contribution >= 0.6 is 11.1 Å². The molecule has 0 aliphatic carbocycles. The zero-order valence-corrected chi connectivity index (χ0v) is 19.4. The molecule has 0 saturated heterocycles. The molecule has 0 heterocycles. The fourth-order valence-corrected chi connectivity index (χ4v) is 4.96. The van der Waals surface area contributed by atoms with Crippen LogP contribution in [0.1, 0.15) is 116 Å². The van der Waals surface area contributed by atoms with Gasteiger partial charge in [-0.2, -0.15) is 11.1 Å². The minimum atomic E-state index is -1.32. The van der Waals surface area contributed by atoms with Gasteiger partial charge in [-0.15, -0.1) is 0 Å². The van der Waals surface area contributed by atoms with Gasteiger partial charge in [-0.3, -0.25) is 4.79 Å². The zero-order valence-electron chi connectivity index (χ0n) is 17.7. The summed E-state index contributed by atoms with van der Waals surface area (Å²) in [4.78, 5) is 10.4. The number of hydrogen-bond acceptors (Lipinski definition) is 1. The second-order valence-electron chi connectivity index (χ2n) is 8.62. The Hall–Kier alpha value is -0.0231. The molecule has 0 aromatic carbocycles. The van der Waals surface area contributed by atoms with Crippen LogP contribution < -0.4 is 0 Å². The van der Waals surface area contributed by atoms with Crippen LogP contribution in [-0.4, -0.2) is 18.5 Å². The van der Waals surface area contributed by atoms with Crippen molar-refractivity contribution in [3.05, 3.63) is 0 Å². The van der Waals surface area contributed by atoms with Crippen molar-refractivity contribution in [3.8, 4) is 0 Å². The van der Waals surface area contributed by atoms with E-state index in [1.165, 1.54) is 102 Å². The topological polar surface area (TPSA) is 37.3 Å². The Bertz CT molecular complexity index is 316. The molecule has 0 fully saturated rings. The van der Waals surface area contributed by atoms with Crippen molar-refractivity contribution in [3.63, 3.8) is 0 Å². The highest BCUT2D eigenvalue weighted by molar-refractivity contribution is 7.19. The smallest absolute Gasteiger partial charge is 0.303 e. The van der Waals surface area contributed by atoms with Crippen LogP contribution in [0.15, 0.2) is 0 Å². The summed E-state index contributed by atoms with van der Waals surface area (Å²) in [7, 11) is -1.32. The van der Waals surface area contributed by atoms with E-state index < -0.39 is 13.4 Å². The first-order valence-electron chi connectivity index (χ1n) is 11.3. The van der Waals surface area contributed by atoms with Crippen molar-refractivity contribution in [2.24, 2.45) is 0 Å². The molecule has 26 heavy (non-hydrogen) atoms. The molecular weight excluding hydrogens is 360 g/mol. The first kappa shape index (κ1) is 26.0. The lowest BCUT2D eigenvalue weighted by molar-refractivity contribution is -0.137. The van der Waals surface area contributed by atoms with Crippen molar-refractivity contribution < 1.29 is 9.90 Å². The van der Waals surface area contributed by atoms with Gasteiger partial charge in [0, 0.05) is 6.42 Å². The van der Waals surface area contributed by atoms with E-state index in [0.717, 1.165) is 12.8 Å². The van der Waals surface area contributed by atoms with Gasteiger partial charge < -0.3 is 5.11 Å². The number of aliphatic carboxylic acids is 1. The predicted molar refractivity (Wildman–Crippen MR) is 119 cm³/mol. The molecule has 0 aliphatic heterocycles. The minimum absolute atomic E-state index is 0.341.